The number of piperidine rings is 1. The van der Waals surface area contributed by atoms with Crippen molar-refractivity contribution in [2.45, 2.75) is 58.4 Å². The molecule has 0 atom stereocenters. The Kier molecular flexibility index (Phi) is 8.27. The fourth-order valence-corrected chi connectivity index (χ4v) is 3.48. The Morgan fingerprint density at radius 1 is 1.21 bits per heavy atom. The summed E-state index contributed by atoms with van der Waals surface area (Å²) in [6.45, 7) is 12.4. The van der Waals surface area contributed by atoms with Crippen molar-refractivity contribution in [3.8, 4) is 0 Å². The largest absolute Gasteiger partial charge is 0.357 e. The van der Waals surface area contributed by atoms with Crippen molar-refractivity contribution >= 4 is 29.9 Å². The molecule has 1 aromatic heterocycles. The number of likely N-dealkylation sites (tertiary alicyclic amines) is 1. The van der Waals surface area contributed by atoms with Crippen LogP contribution >= 0.6 is 24.0 Å². The second kappa shape index (κ2) is 10.2. The summed E-state index contributed by atoms with van der Waals surface area (Å²) in [6.07, 6.45) is 3.73. The highest BCUT2D eigenvalue weighted by atomic mass is 127. The van der Waals surface area contributed by atoms with Crippen molar-refractivity contribution < 1.29 is 0 Å². The number of hydrogen-bond acceptors (Lipinski definition) is 3. The van der Waals surface area contributed by atoms with Crippen LogP contribution in [0.4, 0.5) is 0 Å². The van der Waals surface area contributed by atoms with Crippen LogP contribution < -0.4 is 5.32 Å². The van der Waals surface area contributed by atoms with Crippen molar-refractivity contribution in [2.75, 3.05) is 19.6 Å². The highest BCUT2D eigenvalue weighted by Crippen LogP contribution is 2.25. The molecule has 1 fully saturated rings. The lowest BCUT2D eigenvalue weighted by molar-refractivity contribution is 0.299. The van der Waals surface area contributed by atoms with Gasteiger partial charge in [-0.2, -0.15) is 5.10 Å². The highest BCUT2D eigenvalue weighted by molar-refractivity contribution is 14.0. The normalized spacial score (nSPS) is 16.0. The highest BCUT2D eigenvalue weighted by Gasteiger charge is 2.24. The van der Waals surface area contributed by atoms with E-state index in [1.807, 2.05) is 0 Å². The quantitative estimate of drug-likeness (QED) is 0.381. The van der Waals surface area contributed by atoms with Gasteiger partial charge in [-0.3, -0.25) is 5.10 Å². The third kappa shape index (κ3) is 5.93. The molecule has 1 aliphatic rings. The van der Waals surface area contributed by atoms with Gasteiger partial charge in [0.05, 0.1) is 6.54 Å². The summed E-state index contributed by atoms with van der Waals surface area (Å²) in [4.78, 5) is 11.6. The van der Waals surface area contributed by atoms with Gasteiger partial charge < -0.3 is 10.2 Å². The molecule has 0 aliphatic carbocycles. The smallest absolute Gasteiger partial charge is 0.194 e. The molecule has 0 spiro atoms. The Bertz CT molecular complexity index is 725. The van der Waals surface area contributed by atoms with Crippen LogP contribution in [0, 0.1) is 0 Å². The second-order valence-electron chi connectivity index (χ2n) is 8.25. The van der Waals surface area contributed by atoms with Gasteiger partial charge in [0, 0.05) is 25.6 Å². The van der Waals surface area contributed by atoms with Gasteiger partial charge in [-0.25, -0.2) is 9.98 Å². The fraction of sp³-hybridized carbons (Fsp3) is 0.571. The first-order chi connectivity index (χ1) is 13.0. The number of nitrogens with one attached hydrogen (secondary N) is 2. The van der Waals surface area contributed by atoms with E-state index < -0.39 is 0 Å². The number of guanidine groups is 1. The molecule has 3 rings (SSSR count). The minimum absolute atomic E-state index is 0. The number of aromatic amines is 1. The van der Waals surface area contributed by atoms with Gasteiger partial charge in [-0.15, -0.1) is 24.0 Å². The number of halogens is 1. The lowest BCUT2D eigenvalue weighted by Gasteiger charge is -2.33. The number of H-pyrrole nitrogens is 1. The topological polar surface area (TPSA) is 69.2 Å². The zero-order valence-corrected chi connectivity index (χ0v) is 19.7. The van der Waals surface area contributed by atoms with E-state index in [9.17, 15) is 0 Å². The number of aromatic nitrogens is 3. The molecule has 2 aromatic rings. The summed E-state index contributed by atoms with van der Waals surface area (Å²) in [5.74, 6) is 2.49. The first-order valence-electron chi connectivity index (χ1n) is 9.95. The molecule has 1 aliphatic heterocycles. The van der Waals surface area contributed by atoms with Crippen LogP contribution in [0.3, 0.4) is 0 Å². The molecular formula is C21H33IN6. The van der Waals surface area contributed by atoms with Crippen LogP contribution in [-0.2, 0) is 12.0 Å². The predicted octanol–water partition coefficient (Wildman–Crippen LogP) is 4.07. The Morgan fingerprint density at radius 3 is 2.43 bits per heavy atom. The number of rotatable bonds is 4. The SMILES string of the molecule is CCNC(=NCc1ccc(C(C)(C)C)cc1)N1CCC(c2ncn[nH]2)CC1.I. The Balaban J connectivity index is 0.00000280. The number of hydrogen-bond donors (Lipinski definition) is 2. The van der Waals surface area contributed by atoms with Gasteiger partial charge in [-0.1, -0.05) is 45.0 Å². The molecule has 0 unspecified atom stereocenters. The van der Waals surface area contributed by atoms with E-state index in [0.717, 1.165) is 44.3 Å². The summed E-state index contributed by atoms with van der Waals surface area (Å²) in [7, 11) is 0. The van der Waals surface area contributed by atoms with Crippen molar-refractivity contribution in [1.29, 1.82) is 0 Å². The summed E-state index contributed by atoms with van der Waals surface area (Å²) >= 11 is 0. The first-order valence-corrected chi connectivity index (χ1v) is 9.95. The minimum atomic E-state index is 0. The average molecular weight is 496 g/mol. The number of nitrogens with zero attached hydrogens (tertiary/aromatic N) is 4. The van der Waals surface area contributed by atoms with Crippen molar-refractivity contribution in [3.63, 3.8) is 0 Å². The van der Waals surface area contributed by atoms with Crippen molar-refractivity contribution in [3.05, 3.63) is 47.5 Å². The third-order valence-electron chi connectivity index (χ3n) is 5.18. The number of aliphatic imine (C=N–C) groups is 1. The molecule has 0 radical (unpaired) electrons. The maximum Gasteiger partial charge on any atom is 0.194 e. The molecular weight excluding hydrogens is 463 g/mol. The Labute approximate surface area is 185 Å². The van der Waals surface area contributed by atoms with Crippen LogP contribution in [0.5, 0.6) is 0 Å². The van der Waals surface area contributed by atoms with E-state index in [0.29, 0.717) is 12.5 Å². The van der Waals surface area contributed by atoms with E-state index in [1.54, 1.807) is 6.33 Å². The molecule has 0 amide bonds. The van der Waals surface area contributed by atoms with Crippen LogP contribution in [-0.4, -0.2) is 45.7 Å². The molecule has 1 aromatic carbocycles. The van der Waals surface area contributed by atoms with Crippen molar-refractivity contribution in [2.24, 2.45) is 4.99 Å². The van der Waals surface area contributed by atoms with Crippen molar-refractivity contribution in [1.82, 2.24) is 25.4 Å². The van der Waals surface area contributed by atoms with Crippen LogP contribution in [0.1, 0.15) is 63.4 Å². The fourth-order valence-electron chi connectivity index (χ4n) is 3.48. The molecule has 7 heteroatoms. The van der Waals surface area contributed by atoms with Gasteiger partial charge in [-0.05, 0) is 36.3 Å². The average Bonchev–Trinajstić information content (AvgIpc) is 3.20. The van der Waals surface area contributed by atoms with E-state index >= 15 is 0 Å². The standard InChI is InChI=1S/C21H32N6.HI/c1-5-22-20(23-14-16-6-8-18(9-7-16)21(2,3)4)27-12-10-17(11-13-27)19-24-15-25-26-19;/h6-9,15,17H,5,10-14H2,1-4H3,(H,22,23)(H,24,25,26);1H. The monoisotopic (exact) mass is 496 g/mol. The molecule has 1 saturated heterocycles. The summed E-state index contributed by atoms with van der Waals surface area (Å²) in [6, 6.07) is 8.84. The van der Waals surface area contributed by atoms with Crippen LogP contribution in [0.2, 0.25) is 0 Å². The van der Waals surface area contributed by atoms with E-state index in [1.165, 1.54) is 11.1 Å². The molecule has 154 valence electrons. The zero-order valence-electron chi connectivity index (χ0n) is 17.4. The molecule has 2 heterocycles. The van der Waals surface area contributed by atoms with E-state index in [4.69, 9.17) is 4.99 Å². The maximum atomic E-state index is 4.88. The summed E-state index contributed by atoms with van der Waals surface area (Å²) in [5.41, 5.74) is 2.79. The first kappa shape index (κ1) is 22.6. The van der Waals surface area contributed by atoms with Crippen LogP contribution in [0.15, 0.2) is 35.6 Å². The van der Waals surface area contributed by atoms with Crippen LogP contribution in [0.25, 0.3) is 0 Å². The lowest BCUT2D eigenvalue weighted by Crippen LogP contribution is -2.45. The summed E-state index contributed by atoms with van der Waals surface area (Å²) < 4.78 is 0. The minimum Gasteiger partial charge on any atom is -0.357 e. The number of benzene rings is 1. The lowest BCUT2D eigenvalue weighted by atomic mass is 9.87. The van der Waals surface area contributed by atoms with Gasteiger partial charge in [0.25, 0.3) is 0 Å². The maximum absolute atomic E-state index is 4.88. The van der Waals surface area contributed by atoms with Gasteiger partial charge in [0.2, 0.25) is 0 Å². The molecule has 6 nitrogen and oxygen atoms in total. The second-order valence-corrected chi connectivity index (χ2v) is 8.25. The molecule has 0 saturated carbocycles. The van der Waals surface area contributed by atoms with Gasteiger partial charge >= 0.3 is 0 Å². The Morgan fingerprint density at radius 2 is 1.89 bits per heavy atom. The van der Waals surface area contributed by atoms with Gasteiger partial charge in [0.1, 0.15) is 12.2 Å². The molecule has 28 heavy (non-hydrogen) atoms. The predicted molar refractivity (Wildman–Crippen MR) is 125 cm³/mol. The zero-order chi connectivity index (χ0) is 19.3. The summed E-state index contributed by atoms with van der Waals surface area (Å²) in [5, 5.41) is 10.4. The van der Waals surface area contributed by atoms with Gasteiger partial charge in [0.15, 0.2) is 5.96 Å². The third-order valence-corrected chi connectivity index (χ3v) is 5.18. The van der Waals surface area contributed by atoms with E-state index in [2.05, 4.69) is 77.4 Å². The Hall–Kier alpha value is -1.64. The molecule has 0 bridgehead atoms. The molecule has 2 N–H and O–H groups in total. The van der Waals surface area contributed by atoms with E-state index in [-0.39, 0.29) is 29.4 Å².